The van der Waals surface area contributed by atoms with Gasteiger partial charge < -0.3 is 10.6 Å². The van der Waals surface area contributed by atoms with Gasteiger partial charge in [-0.25, -0.2) is 0 Å². The molecule has 0 bridgehead atoms. The third-order valence-electron chi connectivity index (χ3n) is 3.94. The molecule has 0 aromatic carbocycles. The molecule has 1 aliphatic rings. The molecule has 1 unspecified atom stereocenters. The molecule has 22 heavy (non-hydrogen) atoms. The fraction of sp³-hybridized carbons (Fsp3) is 0.800. The lowest BCUT2D eigenvalue weighted by Gasteiger charge is -2.22. The van der Waals surface area contributed by atoms with E-state index in [-0.39, 0.29) is 18.3 Å². The van der Waals surface area contributed by atoms with E-state index >= 15 is 0 Å². The molecule has 0 spiro atoms. The Balaban J connectivity index is 0.00000242. The molecular weight excluding hydrogens is 302 g/mol. The second-order valence-electron chi connectivity index (χ2n) is 6.31. The van der Waals surface area contributed by atoms with E-state index in [1.165, 1.54) is 12.8 Å². The summed E-state index contributed by atoms with van der Waals surface area (Å²) in [6.07, 6.45) is 6.30. The van der Waals surface area contributed by atoms with Gasteiger partial charge in [0.2, 0.25) is 0 Å². The molecule has 1 fully saturated rings. The van der Waals surface area contributed by atoms with Crippen molar-refractivity contribution in [2.24, 2.45) is 11.8 Å². The van der Waals surface area contributed by atoms with Crippen molar-refractivity contribution < 1.29 is 4.79 Å². The molecule has 1 aliphatic heterocycles. The Labute approximate surface area is 138 Å². The first-order chi connectivity index (χ1) is 10.1. The molecule has 2 rings (SSSR count). The van der Waals surface area contributed by atoms with Gasteiger partial charge in [-0.2, -0.15) is 0 Å². The van der Waals surface area contributed by atoms with E-state index < -0.39 is 0 Å². The standard InChI is InChI=1S/C15H27N5O.ClH/c1-12(2)6-9-20-11-14(18-19-20)15(21)17-8-5-13-4-3-7-16-10-13;/h11-13,16H,3-10H2,1-2H3,(H,17,21);1H. The molecule has 1 saturated heterocycles. The summed E-state index contributed by atoms with van der Waals surface area (Å²) in [5.74, 6) is 1.19. The van der Waals surface area contributed by atoms with Crippen molar-refractivity contribution >= 4 is 18.3 Å². The average Bonchev–Trinajstić information content (AvgIpc) is 2.95. The van der Waals surface area contributed by atoms with E-state index in [4.69, 9.17) is 0 Å². The first kappa shape index (κ1) is 18.9. The number of piperidine rings is 1. The number of carbonyl (C=O) groups excluding carboxylic acids is 1. The Morgan fingerprint density at radius 2 is 2.36 bits per heavy atom. The fourth-order valence-corrected chi connectivity index (χ4v) is 2.55. The van der Waals surface area contributed by atoms with Crippen LogP contribution >= 0.6 is 12.4 Å². The molecule has 0 radical (unpaired) electrons. The minimum atomic E-state index is -0.116. The zero-order valence-corrected chi connectivity index (χ0v) is 14.4. The monoisotopic (exact) mass is 329 g/mol. The van der Waals surface area contributed by atoms with Gasteiger partial charge in [-0.15, -0.1) is 17.5 Å². The van der Waals surface area contributed by atoms with E-state index in [0.717, 1.165) is 32.5 Å². The van der Waals surface area contributed by atoms with Crippen LogP contribution in [0.2, 0.25) is 0 Å². The van der Waals surface area contributed by atoms with Crippen LogP contribution in [0.4, 0.5) is 0 Å². The Morgan fingerprint density at radius 1 is 1.55 bits per heavy atom. The lowest BCUT2D eigenvalue weighted by molar-refractivity contribution is 0.0945. The minimum absolute atomic E-state index is 0. The fourth-order valence-electron chi connectivity index (χ4n) is 2.55. The Hall–Kier alpha value is -1.14. The zero-order chi connectivity index (χ0) is 15.1. The smallest absolute Gasteiger partial charge is 0.273 e. The van der Waals surface area contributed by atoms with Gasteiger partial charge in [0.1, 0.15) is 0 Å². The van der Waals surface area contributed by atoms with Crippen molar-refractivity contribution in [3.05, 3.63) is 11.9 Å². The van der Waals surface area contributed by atoms with Crippen LogP contribution in [-0.4, -0.2) is 40.5 Å². The minimum Gasteiger partial charge on any atom is -0.351 e. The molecular formula is C15H28ClN5O. The van der Waals surface area contributed by atoms with Gasteiger partial charge in [0.05, 0.1) is 6.20 Å². The summed E-state index contributed by atoms with van der Waals surface area (Å²) in [5, 5.41) is 14.3. The third-order valence-corrected chi connectivity index (χ3v) is 3.94. The van der Waals surface area contributed by atoms with E-state index in [1.54, 1.807) is 10.9 Å². The van der Waals surface area contributed by atoms with Gasteiger partial charge >= 0.3 is 0 Å². The predicted octanol–water partition coefficient (Wildman–Crippen LogP) is 1.87. The van der Waals surface area contributed by atoms with Crippen LogP contribution in [-0.2, 0) is 6.54 Å². The molecule has 1 aromatic heterocycles. The van der Waals surface area contributed by atoms with Crippen molar-refractivity contribution in [3.63, 3.8) is 0 Å². The first-order valence-electron chi connectivity index (χ1n) is 8.04. The molecule has 1 atom stereocenters. The molecule has 0 saturated carbocycles. The van der Waals surface area contributed by atoms with Gasteiger partial charge in [-0.1, -0.05) is 19.1 Å². The summed E-state index contributed by atoms with van der Waals surface area (Å²) >= 11 is 0. The number of hydrogen-bond donors (Lipinski definition) is 2. The van der Waals surface area contributed by atoms with Crippen molar-refractivity contribution in [2.75, 3.05) is 19.6 Å². The van der Waals surface area contributed by atoms with Crippen molar-refractivity contribution in [1.82, 2.24) is 25.6 Å². The summed E-state index contributed by atoms with van der Waals surface area (Å²) in [4.78, 5) is 12.0. The number of amides is 1. The van der Waals surface area contributed by atoms with Crippen LogP contribution in [0.15, 0.2) is 6.20 Å². The molecule has 126 valence electrons. The molecule has 1 aromatic rings. The van der Waals surface area contributed by atoms with Crippen LogP contribution in [0.1, 0.15) is 50.0 Å². The summed E-state index contributed by atoms with van der Waals surface area (Å²) in [5.41, 5.74) is 0.417. The highest BCUT2D eigenvalue weighted by Crippen LogP contribution is 2.12. The summed E-state index contributed by atoms with van der Waals surface area (Å²) in [6.45, 7) is 8.06. The van der Waals surface area contributed by atoms with Crippen molar-refractivity contribution in [2.45, 2.75) is 46.1 Å². The summed E-state index contributed by atoms with van der Waals surface area (Å²) < 4.78 is 1.75. The molecule has 1 amide bonds. The van der Waals surface area contributed by atoms with Gasteiger partial charge in [-0.05, 0) is 50.6 Å². The SMILES string of the molecule is CC(C)CCn1cc(C(=O)NCCC2CCCNC2)nn1.Cl. The Kier molecular flexibility index (Phi) is 8.42. The van der Waals surface area contributed by atoms with Crippen LogP contribution in [0.5, 0.6) is 0 Å². The zero-order valence-electron chi connectivity index (χ0n) is 13.5. The summed E-state index contributed by atoms with van der Waals surface area (Å²) in [6, 6.07) is 0. The maximum atomic E-state index is 12.0. The summed E-state index contributed by atoms with van der Waals surface area (Å²) in [7, 11) is 0. The Morgan fingerprint density at radius 3 is 3.05 bits per heavy atom. The van der Waals surface area contributed by atoms with Crippen LogP contribution in [0, 0.1) is 11.8 Å². The second-order valence-corrected chi connectivity index (χ2v) is 6.31. The number of hydrogen-bond acceptors (Lipinski definition) is 4. The van der Waals surface area contributed by atoms with Gasteiger partial charge in [0.15, 0.2) is 5.69 Å². The molecule has 0 aliphatic carbocycles. The van der Waals surface area contributed by atoms with Gasteiger partial charge in [0, 0.05) is 13.1 Å². The largest absolute Gasteiger partial charge is 0.351 e. The lowest BCUT2D eigenvalue weighted by atomic mass is 9.96. The van der Waals surface area contributed by atoms with Gasteiger partial charge in [-0.3, -0.25) is 9.48 Å². The maximum absolute atomic E-state index is 12.0. The predicted molar refractivity (Wildman–Crippen MR) is 89.3 cm³/mol. The van der Waals surface area contributed by atoms with E-state index in [1.807, 2.05) is 0 Å². The van der Waals surface area contributed by atoms with E-state index in [0.29, 0.717) is 24.1 Å². The molecule has 7 heteroatoms. The number of aromatic nitrogens is 3. The Bertz CT molecular complexity index is 443. The van der Waals surface area contributed by atoms with Crippen LogP contribution in [0.3, 0.4) is 0 Å². The number of nitrogens with zero attached hydrogens (tertiary/aromatic N) is 3. The highest BCUT2D eigenvalue weighted by molar-refractivity contribution is 5.91. The molecule has 6 nitrogen and oxygen atoms in total. The second kappa shape index (κ2) is 9.79. The average molecular weight is 330 g/mol. The van der Waals surface area contributed by atoms with Crippen LogP contribution < -0.4 is 10.6 Å². The maximum Gasteiger partial charge on any atom is 0.273 e. The molecule has 2 N–H and O–H groups in total. The normalized spacial score (nSPS) is 18.0. The van der Waals surface area contributed by atoms with E-state index in [9.17, 15) is 4.79 Å². The number of carbonyl (C=O) groups is 1. The number of rotatable bonds is 7. The first-order valence-corrected chi connectivity index (χ1v) is 8.04. The van der Waals surface area contributed by atoms with Crippen molar-refractivity contribution in [1.29, 1.82) is 0 Å². The van der Waals surface area contributed by atoms with Gasteiger partial charge in [0.25, 0.3) is 5.91 Å². The highest BCUT2D eigenvalue weighted by atomic mass is 35.5. The lowest BCUT2D eigenvalue weighted by Crippen LogP contribution is -2.33. The number of nitrogens with one attached hydrogen (secondary N) is 2. The van der Waals surface area contributed by atoms with Crippen molar-refractivity contribution in [3.8, 4) is 0 Å². The number of aryl methyl sites for hydroxylation is 1. The third kappa shape index (κ3) is 6.32. The quantitative estimate of drug-likeness (QED) is 0.801. The number of halogens is 1. The highest BCUT2D eigenvalue weighted by Gasteiger charge is 2.14. The molecule has 2 heterocycles. The van der Waals surface area contributed by atoms with E-state index in [2.05, 4.69) is 34.8 Å². The topological polar surface area (TPSA) is 71.8 Å². The van der Waals surface area contributed by atoms with Crippen LogP contribution in [0.25, 0.3) is 0 Å².